The maximum atomic E-state index is 10.4. The summed E-state index contributed by atoms with van der Waals surface area (Å²) in [5.41, 5.74) is 0. The fourth-order valence-electron chi connectivity index (χ4n) is 0.700. The molecule has 0 amide bonds. The maximum Gasteiger partial charge on any atom is 0.329 e. The topological polar surface area (TPSA) is 98.7 Å². The molecule has 0 aliphatic heterocycles. The van der Waals surface area contributed by atoms with Crippen LogP contribution in [0.25, 0.3) is 0 Å². The number of esters is 2. The van der Waals surface area contributed by atoms with Crippen molar-refractivity contribution in [3.63, 3.8) is 0 Å². The molecule has 7 heteroatoms. The summed E-state index contributed by atoms with van der Waals surface area (Å²) in [4.78, 5) is 20.7. The van der Waals surface area contributed by atoms with E-state index >= 15 is 0 Å². The first-order valence-corrected chi connectivity index (χ1v) is 5.37. The van der Waals surface area contributed by atoms with Crippen molar-refractivity contribution < 1.29 is 46.3 Å². The van der Waals surface area contributed by atoms with Crippen molar-refractivity contribution in [1.29, 1.82) is 0 Å². The van der Waals surface area contributed by atoms with Crippen LogP contribution < -0.4 is 10.2 Å². The van der Waals surface area contributed by atoms with Crippen LogP contribution >= 0.6 is 0 Å². The van der Waals surface area contributed by atoms with Crippen LogP contribution in [-0.4, -0.2) is 25.2 Å². The molecule has 0 unspecified atom stereocenters. The van der Waals surface area contributed by atoms with E-state index in [-0.39, 0.29) is 28.6 Å². The molecule has 0 N–H and O–H groups in total. The average Bonchev–Trinajstić information content (AvgIpc) is 2.16. The molecule has 0 aromatic carbocycles. The first-order valence-electron chi connectivity index (χ1n) is 5.37. The first-order chi connectivity index (χ1) is 8.33. The summed E-state index contributed by atoms with van der Waals surface area (Å²) in [6.07, 6.45) is 1.84. The number of carbonyl (C=O) groups is 2. The zero-order valence-corrected chi connectivity index (χ0v) is 12.3. The monoisotopic (exact) mass is 321 g/mol. The van der Waals surface area contributed by atoms with E-state index in [0.29, 0.717) is 13.2 Å². The molecule has 0 aliphatic rings. The SMILES string of the molecule is CCOC(=O)/C=C(\C)[O-].CCOC(=O)/C=C(\C)[O-].[Cu]. The standard InChI is InChI=1S/2C6H10O3.Cu/c2*1-3-9-6(8)4-5(2)7;/h2*4,7H,3H2,1-2H3;/p-2/b2*5-4+;. The molecule has 0 atom stereocenters. The zero-order chi connectivity index (χ0) is 14.6. The van der Waals surface area contributed by atoms with E-state index in [1.165, 1.54) is 13.8 Å². The van der Waals surface area contributed by atoms with Crippen LogP contribution in [0, 0.1) is 0 Å². The summed E-state index contributed by atoms with van der Waals surface area (Å²) >= 11 is 0. The van der Waals surface area contributed by atoms with Gasteiger partial charge in [0.15, 0.2) is 0 Å². The molecule has 115 valence electrons. The van der Waals surface area contributed by atoms with E-state index in [0.717, 1.165) is 12.2 Å². The van der Waals surface area contributed by atoms with Gasteiger partial charge in [-0.2, -0.15) is 0 Å². The van der Waals surface area contributed by atoms with Gasteiger partial charge in [0.1, 0.15) is 0 Å². The number of ether oxygens (including phenoxy) is 2. The molecule has 0 aromatic heterocycles. The maximum absolute atomic E-state index is 10.4. The minimum absolute atomic E-state index is 0. The number of carbonyl (C=O) groups excluding carboxylic acids is 2. The molecule has 0 saturated heterocycles. The number of rotatable bonds is 4. The van der Waals surface area contributed by atoms with Crippen LogP contribution in [0.4, 0.5) is 0 Å². The summed E-state index contributed by atoms with van der Waals surface area (Å²) in [5.74, 6) is -1.70. The van der Waals surface area contributed by atoms with Gasteiger partial charge in [0.25, 0.3) is 0 Å². The van der Waals surface area contributed by atoms with Crippen LogP contribution in [0.15, 0.2) is 23.7 Å². The van der Waals surface area contributed by atoms with Crippen LogP contribution in [0.5, 0.6) is 0 Å². The predicted molar refractivity (Wildman–Crippen MR) is 60.8 cm³/mol. The van der Waals surface area contributed by atoms with Gasteiger partial charge < -0.3 is 19.7 Å². The van der Waals surface area contributed by atoms with E-state index < -0.39 is 11.9 Å². The Bertz CT molecular complexity index is 282. The van der Waals surface area contributed by atoms with Crippen LogP contribution in [0.1, 0.15) is 27.7 Å². The van der Waals surface area contributed by atoms with E-state index in [9.17, 15) is 19.8 Å². The van der Waals surface area contributed by atoms with Gasteiger partial charge in [0, 0.05) is 29.2 Å². The molecule has 19 heavy (non-hydrogen) atoms. The summed E-state index contributed by atoms with van der Waals surface area (Å²) in [5, 5.41) is 20.3. The molecule has 6 nitrogen and oxygen atoms in total. The largest absolute Gasteiger partial charge is 0.875 e. The molecule has 0 heterocycles. The van der Waals surface area contributed by atoms with Crippen molar-refractivity contribution in [3.05, 3.63) is 23.7 Å². The van der Waals surface area contributed by atoms with Gasteiger partial charge in [0.2, 0.25) is 0 Å². The van der Waals surface area contributed by atoms with Crippen molar-refractivity contribution in [2.75, 3.05) is 13.2 Å². The van der Waals surface area contributed by atoms with Crippen LogP contribution in [0.2, 0.25) is 0 Å². The average molecular weight is 322 g/mol. The minimum atomic E-state index is -0.565. The Hall–Kier alpha value is -1.46. The van der Waals surface area contributed by atoms with Crippen molar-refractivity contribution in [2.24, 2.45) is 0 Å². The first kappa shape index (κ1) is 22.7. The fourth-order valence-corrected chi connectivity index (χ4v) is 0.700. The Morgan fingerprint density at radius 1 is 0.895 bits per heavy atom. The quantitative estimate of drug-likeness (QED) is 0.303. The van der Waals surface area contributed by atoms with Gasteiger partial charge in [-0.25, -0.2) is 9.59 Å². The molecule has 0 spiro atoms. The van der Waals surface area contributed by atoms with Gasteiger partial charge in [-0.15, -0.1) is 11.5 Å². The van der Waals surface area contributed by atoms with E-state index in [1.54, 1.807) is 13.8 Å². The van der Waals surface area contributed by atoms with Crippen molar-refractivity contribution >= 4 is 11.9 Å². The van der Waals surface area contributed by atoms with Crippen molar-refractivity contribution in [3.8, 4) is 0 Å². The van der Waals surface area contributed by atoms with E-state index in [2.05, 4.69) is 9.47 Å². The van der Waals surface area contributed by atoms with Gasteiger partial charge in [-0.3, -0.25) is 0 Å². The normalized spacial score (nSPS) is 10.5. The second kappa shape index (κ2) is 14.6. The zero-order valence-electron chi connectivity index (χ0n) is 11.3. The molecule has 0 aromatic rings. The fraction of sp³-hybridized carbons (Fsp3) is 0.500. The Balaban J connectivity index is -0.000000256. The molecule has 0 saturated carbocycles. The third-order valence-electron chi connectivity index (χ3n) is 1.22. The van der Waals surface area contributed by atoms with E-state index in [4.69, 9.17) is 0 Å². The Labute approximate surface area is 123 Å². The molecular weight excluding hydrogens is 304 g/mol. The smallest absolute Gasteiger partial charge is 0.329 e. The Kier molecular flexibility index (Phi) is 17.4. The van der Waals surface area contributed by atoms with Gasteiger partial charge in [-0.05, 0) is 13.8 Å². The second-order valence-corrected chi connectivity index (χ2v) is 3.01. The number of hydrogen-bond acceptors (Lipinski definition) is 6. The van der Waals surface area contributed by atoms with Crippen molar-refractivity contribution in [2.45, 2.75) is 27.7 Å². The predicted octanol–water partition coefficient (Wildman–Crippen LogP) is -0.375. The number of allylic oxidation sites excluding steroid dienone is 2. The molecule has 0 fully saturated rings. The van der Waals surface area contributed by atoms with Gasteiger partial charge >= 0.3 is 11.9 Å². The Morgan fingerprint density at radius 2 is 1.16 bits per heavy atom. The van der Waals surface area contributed by atoms with Crippen molar-refractivity contribution in [1.82, 2.24) is 0 Å². The molecule has 0 aliphatic carbocycles. The summed E-state index contributed by atoms with van der Waals surface area (Å²) < 4.78 is 8.87. The summed E-state index contributed by atoms with van der Waals surface area (Å²) in [6.45, 7) is 6.59. The van der Waals surface area contributed by atoms with Gasteiger partial charge in [0.05, 0.1) is 13.2 Å². The van der Waals surface area contributed by atoms with Crippen LogP contribution in [0.3, 0.4) is 0 Å². The molecular formula is C12H18CuO6-2. The van der Waals surface area contributed by atoms with Gasteiger partial charge in [-0.1, -0.05) is 13.8 Å². The summed E-state index contributed by atoms with van der Waals surface area (Å²) in [6, 6.07) is 0. The third kappa shape index (κ3) is 22.2. The molecule has 0 rings (SSSR count). The molecule has 1 radical (unpaired) electrons. The minimum Gasteiger partial charge on any atom is -0.875 e. The Morgan fingerprint density at radius 3 is 1.32 bits per heavy atom. The van der Waals surface area contributed by atoms with E-state index in [1.807, 2.05) is 0 Å². The second-order valence-electron chi connectivity index (χ2n) is 3.01. The third-order valence-corrected chi connectivity index (χ3v) is 1.22. The molecule has 0 bridgehead atoms. The van der Waals surface area contributed by atoms with Crippen LogP contribution in [-0.2, 0) is 36.1 Å². The number of hydrogen-bond donors (Lipinski definition) is 0. The summed E-state index contributed by atoms with van der Waals surface area (Å²) in [7, 11) is 0.